The number of carbonyl (C=O) groups excluding carboxylic acids is 1. The van der Waals surface area contributed by atoms with Gasteiger partial charge in [-0.1, -0.05) is 70.7 Å². The lowest BCUT2D eigenvalue weighted by Crippen LogP contribution is -2.25. The van der Waals surface area contributed by atoms with Crippen molar-refractivity contribution in [2.45, 2.75) is 71.0 Å². The van der Waals surface area contributed by atoms with Crippen LogP contribution in [0.1, 0.15) is 64.9 Å². The van der Waals surface area contributed by atoms with Crippen molar-refractivity contribution < 1.29 is 18.5 Å². The fraction of sp³-hybridized carbons (Fsp3) is 0.625. The standard InChI is InChI=1S/C18H28O3S.C6H11NOS/c1-3-4-5-6-7-8-11-22(19)15(2)12-16-9-10-17-18(13-16)21-14-20-17;1-3-5-7(4-2)6(8)9/h9-10,13,15H,3-8,11-12,14H2,1-2H3;3H,1,4-5H2,2H3,(H,8,9). The summed E-state index contributed by atoms with van der Waals surface area (Å²) in [5, 5.41) is -0.00610. The van der Waals surface area contributed by atoms with Crippen molar-refractivity contribution in [2.24, 2.45) is 0 Å². The average Bonchev–Trinajstić information content (AvgIpc) is 3.22. The Balaban J connectivity index is 0.000000452. The zero-order chi connectivity index (χ0) is 23.1. The van der Waals surface area contributed by atoms with E-state index in [-0.39, 0.29) is 10.5 Å². The highest BCUT2D eigenvalue weighted by atomic mass is 32.2. The van der Waals surface area contributed by atoms with Gasteiger partial charge in [0.25, 0.3) is 5.24 Å². The maximum absolute atomic E-state index is 12.3. The molecule has 2 atom stereocenters. The number of hydrogen-bond acceptors (Lipinski definition) is 4. The molecule has 1 aromatic carbocycles. The summed E-state index contributed by atoms with van der Waals surface area (Å²) in [5.74, 6) is 2.45. The van der Waals surface area contributed by atoms with Gasteiger partial charge in [-0.15, -0.1) is 6.58 Å². The van der Waals surface area contributed by atoms with Crippen LogP contribution in [-0.2, 0) is 17.2 Å². The summed E-state index contributed by atoms with van der Waals surface area (Å²) < 4.78 is 23.0. The van der Waals surface area contributed by atoms with E-state index in [1.165, 1.54) is 37.7 Å². The third-order valence-electron chi connectivity index (χ3n) is 5.11. The van der Waals surface area contributed by atoms with Gasteiger partial charge in [-0.25, -0.2) is 0 Å². The fourth-order valence-corrected chi connectivity index (χ4v) is 4.71. The summed E-state index contributed by atoms with van der Waals surface area (Å²) in [6, 6.07) is 6.01. The minimum atomic E-state index is -0.743. The van der Waals surface area contributed by atoms with Crippen LogP contribution in [0.25, 0.3) is 0 Å². The third kappa shape index (κ3) is 11.1. The van der Waals surface area contributed by atoms with E-state index in [9.17, 15) is 9.00 Å². The molecule has 0 saturated carbocycles. The summed E-state index contributed by atoms with van der Waals surface area (Å²) >= 11 is 3.65. The molecule has 0 N–H and O–H groups in total. The SMILES string of the molecule is C=CCN(CC)C(=O)S.CCCCCCCCS(=O)C(C)Cc1ccc2c(c1)OCO2. The Morgan fingerprint density at radius 2 is 1.87 bits per heavy atom. The van der Waals surface area contributed by atoms with E-state index in [4.69, 9.17) is 9.47 Å². The molecule has 1 heterocycles. The predicted octanol–water partition coefficient (Wildman–Crippen LogP) is 6.00. The molecule has 1 aromatic rings. The molecule has 5 nitrogen and oxygen atoms in total. The average molecular weight is 470 g/mol. The number of hydrogen-bond donors (Lipinski definition) is 1. The van der Waals surface area contributed by atoms with E-state index in [0.29, 0.717) is 19.9 Å². The lowest BCUT2D eigenvalue weighted by Gasteiger charge is -2.14. The number of thiol groups is 1. The van der Waals surface area contributed by atoms with Crippen molar-refractivity contribution in [2.75, 3.05) is 25.6 Å². The topological polar surface area (TPSA) is 55.8 Å². The molecule has 1 amide bonds. The van der Waals surface area contributed by atoms with Crippen LogP contribution in [0, 0.1) is 0 Å². The Kier molecular flexibility index (Phi) is 14.4. The Morgan fingerprint density at radius 3 is 2.48 bits per heavy atom. The molecule has 0 radical (unpaired) electrons. The molecular weight excluding hydrogens is 430 g/mol. The number of fused-ring (bicyclic) bond motifs is 1. The largest absolute Gasteiger partial charge is 0.454 e. The molecule has 0 aliphatic carbocycles. The number of unbranched alkanes of at least 4 members (excludes halogenated alkanes) is 5. The summed E-state index contributed by atoms with van der Waals surface area (Å²) in [6.45, 7) is 11.3. The van der Waals surface area contributed by atoms with Gasteiger partial charge in [0.2, 0.25) is 6.79 Å². The maximum Gasteiger partial charge on any atom is 0.278 e. The maximum atomic E-state index is 12.3. The quantitative estimate of drug-likeness (QED) is 0.219. The van der Waals surface area contributed by atoms with Crippen LogP contribution in [-0.4, -0.2) is 45.2 Å². The lowest BCUT2D eigenvalue weighted by molar-refractivity contribution is 0.174. The van der Waals surface area contributed by atoms with Gasteiger partial charge < -0.3 is 14.4 Å². The molecule has 7 heteroatoms. The van der Waals surface area contributed by atoms with E-state index < -0.39 is 10.8 Å². The molecule has 2 unspecified atom stereocenters. The van der Waals surface area contributed by atoms with Gasteiger partial charge in [-0.05, 0) is 37.5 Å². The van der Waals surface area contributed by atoms with E-state index in [1.54, 1.807) is 11.0 Å². The Morgan fingerprint density at radius 1 is 1.19 bits per heavy atom. The Bertz CT molecular complexity index is 696. The normalized spacial score (nSPS) is 13.7. The first-order chi connectivity index (χ1) is 14.9. The smallest absolute Gasteiger partial charge is 0.278 e. The van der Waals surface area contributed by atoms with Gasteiger partial charge in [0.1, 0.15) is 0 Å². The summed E-state index contributed by atoms with van der Waals surface area (Å²) in [6.07, 6.45) is 10.0. The molecule has 0 spiro atoms. The number of carbonyl (C=O) groups is 1. The van der Waals surface area contributed by atoms with Crippen LogP contribution >= 0.6 is 12.6 Å². The minimum absolute atomic E-state index is 0.191. The molecule has 1 aliphatic heterocycles. The van der Waals surface area contributed by atoms with Crippen molar-refractivity contribution in [3.8, 4) is 11.5 Å². The molecule has 0 bridgehead atoms. The van der Waals surface area contributed by atoms with Crippen molar-refractivity contribution in [3.05, 3.63) is 36.4 Å². The molecule has 31 heavy (non-hydrogen) atoms. The van der Waals surface area contributed by atoms with Crippen LogP contribution in [0.2, 0.25) is 0 Å². The highest BCUT2D eigenvalue weighted by Gasteiger charge is 2.16. The first kappa shape index (κ1) is 27.6. The minimum Gasteiger partial charge on any atom is -0.454 e. The second-order valence-corrected chi connectivity index (χ2v) is 10.0. The highest BCUT2D eigenvalue weighted by Crippen LogP contribution is 2.33. The first-order valence-electron chi connectivity index (χ1n) is 11.3. The van der Waals surface area contributed by atoms with Crippen LogP contribution in [0.3, 0.4) is 0 Å². The summed E-state index contributed by atoms with van der Waals surface area (Å²) in [4.78, 5) is 12.1. The highest BCUT2D eigenvalue weighted by molar-refractivity contribution is 7.96. The van der Waals surface area contributed by atoms with Crippen LogP contribution < -0.4 is 9.47 Å². The van der Waals surface area contributed by atoms with E-state index in [2.05, 4.69) is 33.1 Å². The van der Waals surface area contributed by atoms with Gasteiger partial charge in [0.15, 0.2) is 11.5 Å². The first-order valence-corrected chi connectivity index (χ1v) is 13.1. The number of amides is 1. The van der Waals surface area contributed by atoms with E-state index in [1.807, 2.05) is 25.1 Å². The van der Waals surface area contributed by atoms with Gasteiger partial charge in [-0.3, -0.25) is 9.00 Å². The Hall–Kier alpha value is -1.47. The van der Waals surface area contributed by atoms with Gasteiger partial charge in [0, 0.05) is 34.9 Å². The summed E-state index contributed by atoms with van der Waals surface area (Å²) in [5.41, 5.74) is 1.17. The lowest BCUT2D eigenvalue weighted by atomic mass is 10.1. The molecule has 1 aliphatic rings. The number of benzene rings is 1. The van der Waals surface area contributed by atoms with Gasteiger partial charge in [0.05, 0.1) is 0 Å². The number of likely N-dealkylation sites (N-methyl/N-ethyl adjacent to an activating group) is 1. The van der Waals surface area contributed by atoms with Crippen molar-refractivity contribution >= 4 is 28.7 Å². The Labute approximate surface area is 196 Å². The monoisotopic (exact) mass is 469 g/mol. The fourth-order valence-electron chi connectivity index (χ4n) is 3.22. The van der Waals surface area contributed by atoms with Crippen LogP contribution in [0.15, 0.2) is 30.9 Å². The molecular formula is C24H39NO4S2. The predicted molar refractivity (Wildman–Crippen MR) is 134 cm³/mol. The third-order valence-corrected chi connectivity index (χ3v) is 7.15. The number of ether oxygens (including phenoxy) is 2. The molecule has 0 saturated heterocycles. The molecule has 176 valence electrons. The zero-order valence-corrected chi connectivity index (χ0v) is 21.0. The van der Waals surface area contributed by atoms with Gasteiger partial charge in [-0.2, -0.15) is 0 Å². The molecule has 2 rings (SSSR count). The number of rotatable bonds is 13. The van der Waals surface area contributed by atoms with Gasteiger partial charge >= 0.3 is 0 Å². The van der Waals surface area contributed by atoms with E-state index >= 15 is 0 Å². The van der Waals surface area contributed by atoms with E-state index in [0.717, 1.165) is 30.1 Å². The second-order valence-electron chi connectivity index (χ2n) is 7.66. The van der Waals surface area contributed by atoms with Crippen LogP contribution in [0.4, 0.5) is 4.79 Å². The number of nitrogens with zero attached hydrogens (tertiary/aromatic N) is 1. The van der Waals surface area contributed by atoms with Crippen molar-refractivity contribution in [1.82, 2.24) is 4.90 Å². The summed E-state index contributed by atoms with van der Waals surface area (Å²) in [7, 11) is -0.743. The van der Waals surface area contributed by atoms with Crippen molar-refractivity contribution in [1.29, 1.82) is 0 Å². The zero-order valence-electron chi connectivity index (χ0n) is 19.3. The molecule has 0 aromatic heterocycles. The molecule has 0 fully saturated rings. The van der Waals surface area contributed by atoms with Crippen molar-refractivity contribution in [3.63, 3.8) is 0 Å². The second kappa shape index (κ2) is 16.2. The van der Waals surface area contributed by atoms with Crippen LogP contribution in [0.5, 0.6) is 11.5 Å².